The van der Waals surface area contributed by atoms with Crippen LogP contribution < -0.4 is 25.4 Å². The van der Waals surface area contributed by atoms with Crippen LogP contribution >= 0.6 is 11.8 Å². The number of para-hydroxylation sites is 1. The second-order valence-electron chi connectivity index (χ2n) is 10.4. The monoisotopic (exact) mass is 518 g/mol. The number of fused-ring (bicyclic) bond motifs is 2. The smallest absolute Gasteiger partial charge is 0.175 e. The Labute approximate surface area is 219 Å². The van der Waals surface area contributed by atoms with Crippen molar-refractivity contribution in [1.29, 1.82) is 0 Å². The van der Waals surface area contributed by atoms with Gasteiger partial charge in [0, 0.05) is 37.7 Å². The van der Waals surface area contributed by atoms with Gasteiger partial charge in [0.25, 0.3) is 0 Å². The van der Waals surface area contributed by atoms with E-state index in [0.717, 1.165) is 66.5 Å². The molecule has 1 saturated heterocycles. The maximum atomic E-state index is 10.2. The summed E-state index contributed by atoms with van der Waals surface area (Å²) >= 11 is 1.48. The molecule has 1 aliphatic carbocycles. The molecule has 2 fully saturated rings. The molecule has 9 nitrogen and oxygen atoms in total. The highest BCUT2D eigenvalue weighted by atomic mass is 32.2. The predicted octanol–water partition coefficient (Wildman–Crippen LogP) is 3.67. The van der Waals surface area contributed by atoms with E-state index in [2.05, 4.69) is 21.3 Å². The summed E-state index contributed by atoms with van der Waals surface area (Å²) in [4.78, 5) is 17.1. The second kappa shape index (κ2) is 8.75. The first-order valence-corrected chi connectivity index (χ1v) is 13.7. The van der Waals surface area contributed by atoms with Crippen molar-refractivity contribution >= 4 is 23.4 Å². The van der Waals surface area contributed by atoms with Gasteiger partial charge in [0.05, 0.1) is 29.3 Å². The molecule has 37 heavy (non-hydrogen) atoms. The predicted molar refractivity (Wildman–Crippen MR) is 140 cm³/mol. The first kappa shape index (κ1) is 23.1. The van der Waals surface area contributed by atoms with Crippen molar-refractivity contribution in [3.05, 3.63) is 54.0 Å². The largest absolute Gasteiger partial charge is 0.486 e. The standard InChI is InChI=1S/C27H30N6O3S/c28-23-17-4-1-2-5-19(17)36-27(23)9-12-33(13-10-27)25-18(15-34)31-21(14-30-25)37-20-6-11-29-24-22(20)35-16-26(32-24)7-3-8-26/h1-2,4-6,11,14,23,34H,3,7-10,12-13,15-16,28H2,(H,29,32)/t23-/m1/s1. The Morgan fingerprint density at radius 1 is 1.14 bits per heavy atom. The minimum Gasteiger partial charge on any atom is -0.486 e. The van der Waals surface area contributed by atoms with Gasteiger partial charge in [-0.05, 0) is 31.4 Å². The van der Waals surface area contributed by atoms with Crippen molar-refractivity contribution < 1.29 is 14.6 Å². The number of rotatable bonds is 4. The van der Waals surface area contributed by atoms with Crippen molar-refractivity contribution in [3.8, 4) is 11.5 Å². The molecule has 0 unspecified atom stereocenters. The lowest BCUT2D eigenvalue weighted by Crippen LogP contribution is -2.52. The number of aliphatic hydroxyl groups is 1. The third-order valence-corrected chi connectivity index (χ3v) is 9.21. The number of hydrogen-bond donors (Lipinski definition) is 3. The van der Waals surface area contributed by atoms with E-state index in [9.17, 15) is 5.11 Å². The minimum atomic E-state index is -0.394. The van der Waals surface area contributed by atoms with E-state index < -0.39 is 5.60 Å². The normalized spacial score (nSPS) is 22.4. The molecule has 1 saturated carbocycles. The molecule has 2 spiro atoms. The number of anilines is 2. The molecule has 1 atom stereocenters. The number of ether oxygens (including phenoxy) is 2. The Morgan fingerprint density at radius 3 is 2.73 bits per heavy atom. The van der Waals surface area contributed by atoms with E-state index in [-0.39, 0.29) is 18.2 Å². The second-order valence-corrected chi connectivity index (χ2v) is 11.5. The number of benzene rings is 1. The topological polar surface area (TPSA) is 119 Å². The zero-order chi connectivity index (χ0) is 25.0. The molecule has 4 N–H and O–H groups in total. The molecule has 10 heteroatoms. The number of nitrogens with two attached hydrogens (primary N) is 1. The van der Waals surface area contributed by atoms with Gasteiger partial charge in [-0.2, -0.15) is 0 Å². The number of hydrogen-bond acceptors (Lipinski definition) is 10. The summed E-state index contributed by atoms with van der Waals surface area (Å²) in [5.74, 6) is 3.16. The third-order valence-electron chi connectivity index (χ3n) is 8.26. The van der Waals surface area contributed by atoms with Gasteiger partial charge in [-0.25, -0.2) is 15.0 Å². The maximum Gasteiger partial charge on any atom is 0.175 e. The fourth-order valence-corrected chi connectivity index (χ4v) is 6.81. The van der Waals surface area contributed by atoms with Crippen LogP contribution in [0, 0.1) is 0 Å². The lowest BCUT2D eigenvalue weighted by molar-refractivity contribution is 0.0430. The quantitative estimate of drug-likeness (QED) is 0.472. The Hall–Kier alpha value is -3.08. The molecule has 192 valence electrons. The number of aromatic nitrogens is 3. The average molecular weight is 519 g/mol. The van der Waals surface area contributed by atoms with Gasteiger partial charge < -0.3 is 30.5 Å². The maximum absolute atomic E-state index is 10.2. The average Bonchev–Trinajstić information content (AvgIpc) is 3.19. The van der Waals surface area contributed by atoms with Crippen LogP contribution in [0.4, 0.5) is 11.6 Å². The van der Waals surface area contributed by atoms with Gasteiger partial charge in [-0.3, -0.25) is 0 Å². The molecule has 7 rings (SSSR count). The number of aliphatic hydroxyl groups excluding tert-OH is 1. The van der Waals surface area contributed by atoms with Crippen LogP contribution in [0.5, 0.6) is 11.5 Å². The molecule has 3 aromatic rings. The van der Waals surface area contributed by atoms with Crippen molar-refractivity contribution in [2.45, 2.75) is 65.8 Å². The van der Waals surface area contributed by atoms with E-state index in [4.69, 9.17) is 25.2 Å². The molecule has 3 aliphatic heterocycles. The summed E-state index contributed by atoms with van der Waals surface area (Å²) in [5.41, 5.74) is 7.92. The molecule has 0 amide bonds. The minimum absolute atomic E-state index is 0.0398. The Bertz CT molecular complexity index is 1340. The molecule has 1 aromatic carbocycles. The van der Waals surface area contributed by atoms with Crippen molar-refractivity contribution in [3.63, 3.8) is 0 Å². The van der Waals surface area contributed by atoms with Crippen LogP contribution in [0.3, 0.4) is 0 Å². The van der Waals surface area contributed by atoms with E-state index in [1.165, 1.54) is 18.2 Å². The molecule has 4 aliphatic rings. The summed E-state index contributed by atoms with van der Waals surface area (Å²) < 4.78 is 12.5. The van der Waals surface area contributed by atoms with Gasteiger partial charge in [-0.15, -0.1) is 0 Å². The third kappa shape index (κ3) is 3.81. The lowest BCUT2D eigenvalue weighted by Gasteiger charge is -2.45. The van der Waals surface area contributed by atoms with Gasteiger partial charge in [0.15, 0.2) is 17.4 Å². The fraction of sp³-hybridized carbons (Fsp3) is 0.444. The highest BCUT2D eigenvalue weighted by Crippen LogP contribution is 2.48. The van der Waals surface area contributed by atoms with Gasteiger partial charge in [-0.1, -0.05) is 30.0 Å². The van der Waals surface area contributed by atoms with Crippen molar-refractivity contribution in [2.24, 2.45) is 5.73 Å². The fourth-order valence-electron chi connectivity index (χ4n) is 5.95. The Kier molecular flexibility index (Phi) is 5.45. The van der Waals surface area contributed by atoms with Crippen molar-refractivity contribution in [1.82, 2.24) is 15.0 Å². The molecule has 0 radical (unpaired) electrons. The Balaban J connectivity index is 1.07. The number of nitrogens with one attached hydrogen (secondary N) is 1. The molecule has 5 heterocycles. The van der Waals surface area contributed by atoms with Crippen LogP contribution in [-0.2, 0) is 6.61 Å². The zero-order valence-electron chi connectivity index (χ0n) is 20.5. The summed E-state index contributed by atoms with van der Waals surface area (Å²) in [6.45, 7) is 1.93. The first-order chi connectivity index (χ1) is 18.1. The van der Waals surface area contributed by atoms with Crippen LogP contribution in [0.15, 0.2) is 52.6 Å². The molecule has 2 aromatic heterocycles. The van der Waals surface area contributed by atoms with Crippen LogP contribution in [0.25, 0.3) is 0 Å². The lowest BCUT2D eigenvalue weighted by atomic mass is 9.77. The summed E-state index contributed by atoms with van der Waals surface area (Å²) in [6, 6.07) is 9.83. The van der Waals surface area contributed by atoms with Gasteiger partial charge in [0.1, 0.15) is 28.7 Å². The summed E-state index contributed by atoms with van der Waals surface area (Å²) in [7, 11) is 0. The number of piperidine rings is 1. The first-order valence-electron chi connectivity index (χ1n) is 12.9. The van der Waals surface area contributed by atoms with E-state index in [1.54, 1.807) is 12.4 Å². The molecular formula is C27H30N6O3S. The van der Waals surface area contributed by atoms with Gasteiger partial charge in [0.2, 0.25) is 0 Å². The number of nitrogens with zero attached hydrogens (tertiary/aromatic N) is 4. The van der Waals surface area contributed by atoms with Crippen LogP contribution in [0.1, 0.15) is 49.4 Å². The van der Waals surface area contributed by atoms with Gasteiger partial charge >= 0.3 is 0 Å². The van der Waals surface area contributed by atoms with E-state index in [1.807, 2.05) is 24.3 Å². The van der Waals surface area contributed by atoms with E-state index >= 15 is 0 Å². The SMILES string of the molecule is N[C@@H]1c2ccccc2OC12CCN(c1ncc(Sc3ccnc4c3OCC3(CCC3)N4)nc1CO)CC2. The highest BCUT2D eigenvalue weighted by Gasteiger charge is 2.48. The number of pyridine rings is 1. The zero-order valence-corrected chi connectivity index (χ0v) is 21.3. The van der Waals surface area contributed by atoms with Crippen LogP contribution in [-0.4, -0.2) is 50.9 Å². The Morgan fingerprint density at radius 2 is 1.97 bits per heavy atom. The highest BCUT2D eigenvalue weighted by molar-refractivity contribution is 7.99. The summed E-state index contributed by atoms with van der Waals surface area (Å²) in [6.07, 6.45) is 8.57. The van der Waals surface area contributed by atoms with Crippen LogP contribution in [0.2, 0.25) is 0 Å². The molecule has 0 bridgehead atoms. The summed E-state index contributed by atoms with van der Waals surface area (Å²) in [5, 5.41) is 14.5. The molecular weight excluding hydrogens is 488 g/mol. The van der Waals surface area contributed by atoms with E-state index in [0.29, 0.717) is 23.1 Å². The van der Waals surface area contributed by atoms with Crippen molar-refractivity contribution in [2.75, 3.05) is 29.9 Å².